The molecular weight excluding hydrogens is 210 g/mol. The summed E-state index contributed by atoms with van der Waals surface area (Å²) in [4.78, 5) is 0. The molecule has 0 amide bonds. The lowest BCUT2D eigenvalue weighted by Crippen LogP contribution is -2.45. The van der Waals surface area contributed by atoms with Gasteiger partial charge in [0.05, 0.1) is 6.10 Å². The molecule has 2 heteroatoms. The molecule has 0 spiro atoms. The average Bonchev–Trinajstić information content (AvgIpc) is 2.28. The molecule has 2 atom stereocenters. The molecule has 2 nitrogen and oxygen atoms in total. The molecule has 2 rings (SSSR count). The molecule has 0 radical (unpaired) electrons. The number of benzene rings is 1. The van der Waals surface area contributed by atoms with Crippen molar-refractivity contribution in [3.05, 3.63) is 35.9 Å². The Morgan fingerprint density at radius 1 is 1.29 bits per heavy atom. The fourth-order valence-electron chi connectivity index (χ4n) is 2.75. The summed E-state index contributed by atoms with van der Waals surface area (Å²) >= 11 is 0. The largest absolute Gasteiger partial charge is 0.392 e. The summed E-state index contributed by atoms with van der Waals surface area (Å²) in [5.41, 5.74) is 7.37. The van der Waals surface area contributed by atoms with Crippen molar-refractivity contribution in [2.75, 3.05) is 0 Å². The van der Waals surface area contributed by atoms with Crippen molar-refractivity contribution < 1.29 is 5.11 Å². The molecule has 94 valence electrons. The summed E-state index contributed by atoms with van der Waals surface area (Å²) in [7, 11) is 0. The Balaban J connectivity index is 1.68. The second-order valence-electron chi connectivity index (χ2n) is 5.44. The van der Waals surface area contributed by atoms with E-state index in [1.165, 1.54) is 31.2 Å². The van der Waals surface area contributed by atoms with Gasteiger partial charge in [-0.05, 0) is 50.0 Å². The van der Waals surface area contributed by atoms with Crippen LogP contribution in [-0.2, 0) is 6.42 Å². The molecule has 17 heavy (non-hydrogen) atoms. The quantitative estimate of drug-likeness (QED) is 0.820. The predicted molar refractivity (Wildman–Crippen MR) is 70.6 cm³/mol. The number of hydrogen-bond acceptors (Lipinski definition) is 2. The minimum Gasteiger partial charge on any atom is -0.392 e. The van der Waals surface area contributed by atoms with Crippen LogP contribution in [0.25, 0.3) is 0 Å². The Morgan fingerprint density at radius 3 is 2.53 bits per heavy atom. The standard InChI is InChI=1S/C15H23NO/c1-11(17)15(16)14-9-13(10-14)8-7-12-5-3-2-4-6-12/h2-6,11,13-15,17H,7-10,16H2,1H3. The fraction of sp³-hybridized carbons (Fsp3) is 0.600. The van der Waals surface area contributed by atoms with E-state index in [0.717, 1.165) is 5.92 Å². The molecular formula is C15H23NO. The molecule has 2 unspecified atom stereocenters. The molecule has 0 saturated heterocycles. The van der Waals surface area contributed by atoms with Crippen molar-refractivity contribution in [2.24, 2.45) is 17.6 Å². The summed E-state index contributed by atoms with van der Waals surface area (Å²) in [5.74, 6) is 1.35. The first-order chi connectivity index (χ1) is 8.16. The minimum absolute atomic E-state index is 0.0250. The predicted octanol–water partition coefficient (Wildman–Crippen LogP) is 2.35. The Kier molecular flexibility index (Phi) is 4.19. The monoisotopic (exact) mass is 233 g/mol. The van der Waals surface area contributed by atoms with Crippen LogP contribution in [0.3, 0.4) is 0 Å². The maximum atomic E-state index is 9.43. The molecule has 1 aliphatic carbocycles. The molecule has 3 N–H and O–H groups in total. The highest BCUT2D eigenvalue weighted by Gasteiger charge is 2.34. The first-order valence-electron chi connectivity index (χ1n) is 6.64. The molecule has 0 bridgehead atoms. The van der Waals surface area contributed by atoms with Crippen LogP contribution in [0.1, 0.15) is 31.7 Å². The van der Waals surface area contributed by atoms with Crippen LogP contribution in [0, 0.1) is 11.8 Å². The van der Waals surface area contributed by atoms with Crippen molar-refractivity contribution in [1.82, 2.24) is 0 Å². The van der Waals surface area contributed by atoms with Crippen molar-refractivity contribution in [3.63, 3.8) is 0 Å². The second-order valence-corrected chi connectivity index (χ2v) is 5.44. The molecule has 1 aromatic rings. The summed E-state index contributed by atoms with van der Waals surface area (Å²) in [6.07, 6.45) is 4.45. The SMILES string of the molecule is CC(O)C(N)C1CC(CCc2ccccc2)C1. The summed E-state index contributed by atoms with van der Waals surface area (Å²) < 4.78 is 0. The van der Waals surface area contributed by atoms with Crippen LogP contribution >= 0.6 is 0 Å². The Hall–Kier alpha value is -0.860. The maximum absolute atomic E-state index is 9.43. The Morgan fingerprint density at radius 2 is 1.94 bits per heavy atom. The van der Waals surface area contributed by atoms with Gasteiger partial charge in [-0.3, -0.25) is 0 Å². The summed E-state index contributed by atoms with van der Waals surface area (Å²) in [5, 5.41) is 9.43. The molecule has 0 aromatic heterocycles. The zero-order chi connectivity index (χ0) is 12.3. The van der Waals surface area contributed by atoms with Crippen molar-refractivity contribution in [2.45, 2.75) is 44.8 Å². The third-order valence-corrected chi connectivity index (χ3v) is 4.06. The highest BCUT2D eigenvalue weighted by molar-refractivity contribution is 5.14. The molecule has 1 aromatic carbocycles. The van der Waals surface area contributed by atoms with E-state index < -0.39 is 0 Å². The van der Waals surface area contributed by atoms with Crippen LogP contribution in [0.2, 0.25) is 0 Å². The van der Waals surface area contributed by atoms with Gasteiger partial charge in [0.2, 0.25) is 0 Å². The normalized spacial score (nSPS) is 27.2. The van der Waals surface area contributed by atoms with Gasteiger partial charge in [-0.1, -0.05) is 30.3 Å². The van der Waals surface area contributed by atoms with Crippen molar-refractivity contribution >= 4 is 0 Å². The Bertz CT molecular complexity index is 330. The van der Waals surface area contributed by atoms with Gasteiger partial charge in [-0.15, -0.1) is 0 Å². The molecule has 0 aliphatic heterocycles. The molecule has 0 heterocycles. The number of hydrogen-bond donors (Lipinski definition) is 2. The van der Waals surface area contributed by atoms with Gasteiger partial charge in [0, 0.05) is 6.04 Å². The second kappa shape index (κ2) is 5.65. The van der Waals surface area contributed by atoms with E-state index in [4.69, 9.17) is 5.73 Å². The van der Waals surface area contributed by atoms with Gasteiger partial charge in [0.15, 0.2) is 0 Å². The van der Waals surface area contributed by atoms with Gasteiger partial charge in [0.1, 0.15) is 0 Å². The Labute approximate surface area is 104 Å². The highest BCUT2D eigenvalue weighted by Crippen LogP contribution is 2.39. The van der Waals surface area contributed by atoms with Crippen LogP contribution in [0.15, 0.2) is 30.3 Å². The maximum Gasteiger partial charge on any atom is 0.0665 e. The molecule has 1 aliphatic rings. The van der Waals surface area contributed by atoms with Crippen molar-refractivity contribution in [1.29, 1.82) is 0 Å². The van der Waals surface area contributed by atoms with Gasteiger partial charge in [-0.2, -0.15) is 0 Å². The summed E-state index contributed by atoms with van der Waals surface area (Å²) in [6, 6.07) is 10.6. The van der Waals surface area contributed by atoms with Gasteiger partial charge >= 0.3 is 0 Å². The van der Waals surface area contributed by atoms with E-state index in [1.54, 1.807) is 6.92 Å². The van der Waals surface area contributed by atoms with Crippen LogP contribution in [-0.4, -0.2) is 17.3 Å². The lowest BCUT2D eigenvalue weighted by Gasteiger charge is -2.40. The van der Waals surface area contributed by atoms with E-state index in [1.807, 2.05) is 0 Å². The first-order valence-corrected chi connectivity index (χ1v) is 6.64. The van der Waals surface area contributed by atoms with Gasteiger partial charge in [-0.25, -0.2) is 0 Å². The highest BCUT2D eigenvalue weighted by atomic mass is 16.3. The minimum atomic E-state index is -0.366. The zero-order valence-corrected chi connectivity index (χ0v) is 10.5. The van der Waals surface area contributed by atoms with Crippen molar-refractivity contribution in [3.8, 4) is 0 Å². The van der Waals surface area contributed by atoms with Gasteiger partial charge in [0.25, 0.3) is 0 Å². The van der Waals surface area contributed by atoms with E-state index in [2.05, 4.69) is 30.3 Å². The zero-order valence-electron chi connectivity index (χ0n) is 10.5. The molecule has 1 fully saturated rings. The van der Waals surface area contributed by atoms with Gasteiger partial charge < -0.3 is 10.8 Å². The first kappa shape index (κ1) is 12.6. The van der Waals surface area contributed by atoms with E-state index >= 15 is 0 Å². The van der Waals surface area contributed by atoms with E-state index in [-0.39, 0.29) is 12.1 Å². The topological polar surface area (TPSA) is 46.2 Å². The van der Waals surface area contributed by atoms with E-state index in [0.29, 0.717) is 5.92 Å². The lowest BCUT2D eigenvalue weighted by atomic mass is 9.68. The number of aliphatic hydroxyl groups excluding tert-OH is 1. The summed E-state index contributed by atoms with van der Waals surface area (Å²) in [6.45, 7) is 1.79. The van der Waals surface area contributed by atoms with Crippen LogP contribution < -0.4 is 5.73 Å². The smallest absolute Gasteiger partial charge is 0.0665 e. The molecule has 1 saturated carbocycles. The lowest BCUT2D eigenvalue weighted by molar-refractivity contribution is 0.0702. The fourth-order valence-corrected chi connectivity index (χ4v) is 2.75. The van der Waals surface area contributed by atoms with Crippen LogP contribution in [0.5, 0.6) is 0 Å². The number of nitrogens with two attached hydrogens (primary N) is 1. The number of aryl methyl sites for hydroxylation is 1. The average molecular weight is 233 g/mol. The number of rotatable bonds is 5. The third kappa shape index (κ3) is 3.30. The number of aliphatic hydroxyl groups is 1. The van der Waals surface area contributed by atoms with E-state index in [9.17, 15) is 5.11 Å². The van der Waals surface area contributed by atoms with Crippen LogP contribution in [0.4, 0.5) is 0 Å². The third-order valence-electron chi connectivity index (χ3n) is 4.06.